The first-order chi connectivity index (χ1) is 9.25. The number of thiophene rings is 1. The fourth-order valence-electron chi connectivity index (χ4n) is 1.88. The molecule has 0 fully saturated rings. The van der Waals surface area contributed by atoms with Crippen LogP contribution >= 0.6 is 11.3 Å². The van der Waals surface area contributed by atoms with E-state index in [2.05, 4.69) is 10.2 Å². The Kier molecular flexibility index (Phi) is 3.15. The molecule has 19 heavy (non-hydrogen) atoms. The van der Waals surface area contributed by atoms with Crippen LogP contribution in [0.25, 0.3) is 5.69 Å². The first-order valence-corrected chi connectivity index (χ1v) is 6.83. The molecule has 0 amide bonds. The molecule has 1 atom stereocenters. The topological polar surface area (TPSA) is 50.9 Å². The Bertz CT molecular complexity index is 675. The van der Waals surface area contributed by atoms with Crippen LogP contribution in [0.2, 0.25) is 0 Å². The lowest BCUT2D eigenvalue weighted by Gasteiger charge is -2.05. The summed E-state index contributed by atoms with van der Waals surface area (Å²) in [5, 5.41) is 20.8. The summed E-state index contributed by atoms with van der Waals surface area (Å²) in [4.78, 5) is 2.45. The highest BCUT2D eigenvalue weighted by Crippen LogP contribution is 2.27. The van der Waals surface area contributed by atoms with Crippen LogP contribution in [0, 0.1) is 6.92 Å². The zero-order chi connectivity index (χ0) is 13.2. The van der Waals surface area contributed by atoms with Crippen LogP contribution in [0.5, 0.6) is 0 Å². The fraction of sp³-hybridized carbons (Fsp3) is 0.143. The number of aryl methyl sites for hydroxylation is 1. The number of hydrogen-bond donors (Lipinski definition) is 1. The number of aliphatic hydroxyl groups excluding tert-OH is 1. The third kappa shape index (κ3) is 2.30. The third-order valence-electron chi connectivity index (χ3n) is 2.93. The zero-order valence-corrected chi connectivity index (χ0v) is 11.2. The van der Waals surface area contributed by atoms with Crippen LogP contribution in [0.4, 0.5) is 0 Å². The van der Waals surface area contributed by atoms with E-state index in [4.69, 9.17) is 0 Å². The maximum atomic E-state index is 10.3. The van der Waals surface area contributed by atoms with Gasteiger partial charge in [0.05, 0.1) is 11.9 Å². The van der Waals surface area contributed by atoms with Crippen LogP contribution in [0.3, 0.4) is 0 Å². The number of hydrogen-bond acceptors (Lipinski definition) is 4. The van der Waals surface area contributed by atoms with Gasteiger partial charge in [-0.15, -0.1) is 11.3 Å². The van der Waals surface area contributed by atoms with Gasteiger partial charge in [0.25, 0.3) is 0 Å². The van der Waals surface area contributed by atoms with E-state index in [9.17, 15) is 5.11 Å². The molecule has 4 nitrogen and oxygen atoms in total. The van der Waals surface area contributed by atoms with E-state index >= 15 is 0 Å². The van der Waals surface area contributed by atoms with Gasteiger partial charge in [-0.1, -0.05) is 18.2 Å². The van der Waals surface area contributed by atoms with E-state index in [-0.39, 0.29) is 0 Å². The van der Waals surface area contributed by atoms with Crippen molar-refractivity contribution in [1.29, 1.82) is 0 Å². The number of benzene rings is 1. The first kappa shape index (κ1) is 12.1. The predicted octanol–water partition coefficient (Wildman–Crippen LogP) is 2.72. The third-order valence-corrected chi connectivity index (χ3v) is 4.00. The highest BCUT2D eigenvalue weighted by Gasteiger charge is 2.17. The minimum Gasteiger partial charge on any atom is -0.381 e. The fourth-order valence-corrected chi connectivity index (χ4v) is 2.81. The van der Waals surface area contributed by atoms with Gasteiger partial charge in [-0.3, -0.25) is 0 Å². The van der Waals surface area contributed by atoms with Gasteiger partial charge in [0, 0.05) is 4.88 Å². The number of aliphatic hydroxyl groups is 1. The van der Waals surface area contributed by atoms with E-state index < -0.39 is 6.10 Å². The van der Waals surface area contributed by atoms with Gasteiger partial charge in [0.1, 0.15) is 11.8 Å². The van der Waals surface area contributed by atoms with Crippen molar-refractivity contribution < 1.29 is 5.11 Å². The summed E-state index contributed by atoms with van der Waals surface area (Å²) in [7, 11) is 0. The van der Waals surface area contributed by atoms with Gasteiger partial charge in [0.2, 0.25) is 0 Å². The molecule has 0 bridgehead atoms. The SMILES string of the molecule is Cc1ccsc1C(O)c1cnn(-c2ccccc2)n1. The van der Waals surface area contributed by atoms with E-state index in [0.29, 0.717) is 5.69 Å². The van der Waals surface area contributed by atoms with E-state index in [1.54, 1.807) is 6.20 Å². The van der Waals surface area contributed by atoms with Crippen LogP contribution in [-0.4, -0.2) is 20.1 Å². The van der Waals surface area contributed by atoms with Crippen molar-refractivity contribution in [2.45, 2.75) is 13.0 Å². The Labute approximate surface area is 115 Å². The summed E-state index contributed by atoms with van der Waals surface area (Å²) in [6.07, 6.45) is 0.897. The van der Waals surface area contributed by atoms with Crippen LogP contribution in [0.1, 0.15) is 22.2 Å². The summed E-state index contributed by atoms with van der Waals surface area (Å²) in [5.41, 5.74) is 2.52. The van der Waals surface area contributed by atoms with Crippen molar-refractivity contribution in [3.05, 3.63) is 64.1 Å². The summed E-state index contributed by atoms with van der Waals surface area (Å²) in [6, 6.07) is 11.6. The average molecular weight is 271 g/mol. The molecule has 0 spiro atoms. The molecule has 1 aromatic carbocycles. The van der Waals surface area contributed by atoms with Gasteiger partial charge in [0.15, 0.2) is 0 Å². The molecule has 0 aliphatic carbocycles. The second-order valence-corrected chi connectivity index (χ2v) is 5.21. The zero-order valence-electron chi connectivity index (χ0n) is 10.4. The lowest BCUT2D eigenvalue weighted by molar-refractivity contribution is 0.218. The van der Waals surface area contributed by atoms with Gasteiger partial charge in [-0.2, -0.15) is 15.0 Å². The van der Waals surface area contributed by atoms with E-state index in [0.717, 1.165) is 16.1 Å². The van der Waals surface area contributed by atoms with Crippen LogP contribution in [0.15, 0.2) is 48.0 Å². The maximum Gasteiger partial charge on any atom is 0.134 e. The lowest BCUT2D eigenvalue weighted by atomic mass is 10.1. The van der Waals surface area contributed by atoms with Crippen molar-refractivity contribution in [3.8, 4) is 5.69 Å². The number of para-hydroxylation sites is 1. The van der Waals surface area contributed by atoms with Crippen LogP contribution < -0.4 is 0 Å². The predicted molar refractivity (Wildman–Crippen MR) is 74.5 cm³/mol. The molecule has 3 rings (SSSR count). The monoisotopic (exact) mass is 271 g/mol. The number of aromatic nitrogens is 3. The molecule has 0 saturated carbocycles. The highest BCUT2D eigenvalue weighted by molar-refractivity contribution is 7.10. The van der Waals surface area contributed by atoms with Crippen molar-refractivity contribution in [1.82, 2.24) is 15.0 Å². The Hall–Kier alpha value is -1.98. The second-order valence-electron chi connectivity index (χ2n) is 4.26. The quantitative estimate of drug-likeness (QED) is 0.797. The Morgan fingerprint density at radius 1 is 1.21 bits per heavy atom. The minimum absolute atomic E-state index is 0.564. The highest BCUT2D eigenvalue weighted by atomic mass is 32.1. The molecular formula is C14H13N3OS. The smallest absolute Gasteiger partial charge is 0.134 e. The van der Waals surface area contributed by atoms with Gasteiger partial charge >= 0.3 is 0 Å². The average Bonchev–Trinajstić information content (AvgIpc) is 3.08. The molecule has 1 N–H and O–H groups in total. The van der Waals surface area contributed by atoms with E-state index in [1.165, 1.54) is 16.1 Å². The lowest BCUT2D eigenvalue weighted by Crippen LogP contribution is -2.02. The molecule has 2 aromatic heterocycles. The van der Waals surface area contributed by atoms with E-state index in [1.807, 2.05) is 48.7 Å². The molecule has 5 heteroatoms. The van der Waals surface area contributed by atoms with Gasteiger partial charge < -0.3 is 5.11 Å². The number of rotatable bonds is 3. The maximum absolute atomic E-state index is 10.3. The standard InChI is InChI=1S/C14H13N3OS/c1-10-7-8-19-14(10)13(18)12-9-15-17(16-12)11-5-3-2-4-6-11/h2-9,13,18H,1H3. The Morgan fingerprint density at radius 3 is 2.68 bits per heavy atom. The molecule has 0 radical (unpaired) electrons. The summed E-state index contributed by atoms with van der Waals surface area (Å²) in [5.74, 6) is 0. The molecule has 3 aromatic rings. The Morgan fingerprint density at radius 2 is 2.00 bits per heavy atom. The van der Waals surface area contributed by atoms with Crippen molar-refractivity contribution >= 4 is 11.3 Å². The Balaban J connectivity index is 1.92. The van der Waals surface area contributed by atoms with Crippen molar-refractivity contribution in [3.63, 3.8) is 0 Å². The first-order valence-electron chi connectivity index (χ1n) is 5.95. The molecule has 1 unspecified atom stereocenters. The normalized spacial score (nSPS) is 12.5. The molecule has 96 valence electrons. The molecule has 0 aliphatic heterocycles. The molecular weight excluding hydrogens is 258 g/mol. The van der Waals surface area contributed by atoms with Crippen molar-refractivity contribution in [2.24, 2.45) is 0 Å². The summed E-state index contributed by atoms with van der Waals surface area (Å²) < 4.78 is 0. The van der Waals surface area contributed by atoms with Crippen molar-refractivity contribution in [2.75, 3.05) is 0 Å². The van der Waals surface area contributed by atoms with Gasteiger partial charge in [-0.25, -0.2) is 0 Å². The number of nitrogens with zero attached hydrogens (tertiary/aromatic N) is 3. The summed E-state index contributed by atoms with van der Waals surface area (Å²) >= 11 is 1.53. The molecule has 0 aliphatic rings. The summed E-state index contributed by atoms with van der Waals surface area (Å²) in [6.45, 7) is 1.98. The van der Waals surface area contributed by atoms with Gasteiger partial charge in [-0.05, 0) is 36.1 Å². The minimum atomic E-state index is -0.711. The molecule has 0 saturated heterocycles. The second kappa shape index (κ2) is 4.95. The molecule has 2 heterocycles. The largest absolute Gasteiger partial charge is 0.381 e. The van der Waals surface area contributed by atoms with Crippen LogP contribution in [-0.2, 0) is 0 Å².